The average molecular weight is 286 g/mol. The van der Waals surface area contributed by atoms with Crippen LogP contribution in [0.5, 0.6) is 11.5 Å². The van der Waals surface area contributed by atoms with Crippen molar-refractivity contribution in [3.63, 3.8) is 0 Å². The van der Waals surface area contributed by atoms with Crippen LogP contribution in [0.25, 0.3) is 0 Å². The number of nitrogen functional groups attached to an aromatic ring is 1. The predicted octanol–water partition coefficient (Wildman–Crippen LogP) is 1.84. The Morgan fingerprint density at radius 3 is 2.76 bits per heavy atom. The quantitative estimate of drug-likeness (QED) is 0.578. The van der Waals surface area contributed by atoms with E-state index in [1.54, 1.807) is 19.2 Å². The van der Waals surface area contributed by atoms with Gasteiger partial charge in [-0.3, -0.25) is 4.79 Å². The van der Waals surface area contributed by atoms with Crippen molar-refractivity contribution < 1.29 is 14.6 Å². The lowest BCUT2D eigenvalue weighted by atomic mass is 10.1. The van der Waals surface area contributed by atoms with Gasteiger partial charge in [0.15, 0.2) is 0 Å². The van der Waals surface area contributed by atoms with E-state index in [0.717, 1.165) is 5.56 Å². The lowest BCUT2D eigenvalue weighted by Crippen LogP contribution is -2.24. The maximum Gasteiger partial charge on any atom is 0.224 e. The topological polar surface area (TPSA) is 84.6 Å². The van der Waals surface area contributed by atoms with Gasteiger partial charge in [-0.2, -0.15) is 0 Å². The number of anilines is 1. The molecule has 0 aliphatic heterocycles. The number of carbonyl (C=O) groups excluding carboxylic acids is 1. The summed E-state index contributed by atoms with van der Waals surface area (Å²) in [5.41, 5.74) is 7.60. The minimum absolute atomic E-state index is 0.113. The van der Waals surface area contributed by atoms with Crippen molar-refractivity contribution in [2.45, 2.75) is 13.0 Å². The van der Waals surface area contributed by atoms with E-state index >= 15 is 0 Å². The number of methoxy groups -OCH3 is 1. The van der Waals surface area contributed by atoms with Crippen LogP contribution in [0.3, 0.4) is 0 Å². The zero-order valence-corrected chi connectivity index (χ0v) is 11.8. The molecule has 0 saturated heterocycles. The summed E-state index contributed by atoms with van der Waals surface area (Å²) in [6, 6.07) is 12.1. The Labute approximate surface area is 123 Å². The van der Waals surface area contributed by atoms with E-state index in [1.165, 1.54) is 6.07 Å². The lowest BCUT2D eigenvalue weighted by Gasteiger charge is -2.10. The molecule has 2 rings (SSSR count). The van der Waals surface area contributed by atoms with Gasteiger partial charge in [-0.05, 0) is 24.3 Å². The highest BCUT2D eigenvalue weighted by molar-refractivity contribution is 5.79. The largest absolute Gasteiger partial charge is 0.508 e. The second-order valence-corrected chi connectivity index (χ2v) is 4.65. The highest BCUT2D eigenvalue weighted by Gasteiger charge is 2.09. The Morgan fingerprint density at radius 2 is 2.00 bits per heavy atom. The first-order valence-corrected chi connectivity index (χ1v) is 6.56. The molecule has 0 fully saturated rings. The molecule has 1 amide bonds. The molecule has 0 aliphatic carbocycles. The number of hydrogen-bond acceptors (Lipinski definition) is 4. The first-order chi connectivity index (χ1) is 10.1. The molecule has 0 unspecified atom stereocenters. The summed E-state index contributed by atoms with van der Waals surface area (Å²) in [4.78, 5) is 12.0. The van der Waals surface area contributed by atoms with Crippen LogP contribution in [0.15, 0.2) is 42.5 Å². The van der Waals surface area contributed by atoms with Crippen LogP contribution in [-0.2, 0) is 17.8 Å². The summed E-state index contributed by atoms with van der Waals surface area (Å²) >= 11 is 0. The van der Waals surface area contributed by atoms with Gasteiger partial charge < -0.3 is 20.9 Å². The van der Waals surface area contributed by atoms with Crippen molar-refractivity contribution in [1.82, 2.24) is 5.32 Å². The van der Waals surface area contributed by atoms with Crippen LogP contribution in [0.1, 0.15) is 11.1 Å². The summed E-state index contributed by atoms with van der Waals surface area (Å²) in [5.74, 6) is 0.641. The Hall–Kier alpha value is -2.69. The van der Waals surface area contributed by atoms with Crippen LogP contribution in [0, 0.1) is 0 Å². The number of nitrogens with two attached hydrogens (primary N) is 1. The minimum Gasteiger partial charge on any atom is -0.508 e. The third-order valence-electron chi connectivity index (χ3n) is 3.12. The number of carbonyl (C=O) groups is 1. The molecule has 0 bridgehead atoms. The Kier molecular flexibility index (Phi) is 4.66. The number of nitrogens with one attached hydrogen (secondary N) is 1. The fourth-order valence-corrected chi connectivity index (χ4v) is 2.03. The van der Waals surface area contributed by atoms with Gasteiger partial charge in [-0.25, -0.2) is 0 Å². The number of hydrogen-bond donors (Lipinski definition) is 3. The van der Waals surface area contributed by atoms with Gasteiger partial charge in [0.2, 0.25) is 5.91 Å². The molecule has 0 atom stereocenters. The molecule has 0 saturated carbocycles. The first-order valence-electron chi connectivity index (χ1n) is 6.56. The normalized spacial score (nSPS) is 10.1. The van der Waals surface area contributed by atoms with E-state index < -0.39 is 0 Å². The fourth-order valence-electron chi connectivity index (χ4n) is 2.03. The maximum absolute atomic E-state index is 12.0. The fraction of sp³-hybridized carbons (Fsp3) is 0.188. The molecule has 0 aliphatic rings. The molecular weight excluding hydrogens is 268 g/mol. The van der Waals surface area contributed by atoms with Crippen molar-refractivity contribution in [3.05, 3.63) is 53.6 Å². The molecule has 4 N–H and O–H groups in total. The number of phenolic OH excluding ortho intramolecular Hbond substituents is 1. The van der Waals surface area contributed by atoms with Crippen LogP contribution >= 0.6 is 0 Å². The molecule has 0 spiro atoms. The number of ether oxygens (including phenoxy) is 1. The molecule has 0 aromatic heterocycles. The molecule has 2 aromatic carbocycles. The summed E-state index contributed by atoms with van der Waals surface area (Å²) < 4.78 is 5.21. The van der Waals surface area contributed by atoms with Gasteiger partial charge in [-0.15, -0.1) is 0 Å². The second kappa shape index (κ2) is 6.65. The van der Waals surface area contributed by atoms with Crippen LogP contribution in [0.4, 0.5) is 5.69 Å². The van der Waals surface area contributed by atoms with Crippen LogP contribution in [0.2, 0.25) is 0 Å². The van der Waals surface area contributed by atoms with E-state index in [2.05, 4.69) is 5.32 Å². The number of phenols is 1. The molecule has 0 radical (unpaired) electrons. The molecule has 2 aromatic rings. The van der Waals surface area contributed by atoms with E-state index in [1.807, 2.05) is 24.3 Å². The highest BCUT2D eigenvalue weighted by atomic mass is 16.5. The number of benzene rings is 2. The summed E-state index contributed by atoms with van der Waals surface area (Å²) in [6.07, 6.45) is 0.215. The number of aromatic hydroxyl groups is 1. The van der Waals surface area contributed by atoms with E-state index in [0.29, 0.717) is 17.0 Å². The van der Waals surface area contributed by atoms with Gasteiger partial charge in [-0.1, -0.05) is 18.2 Å². The summed E-state index contributed by atoms with van der Waals surface area (Å²) in [7, 11) is 1.57. The van der Waals surface area contributed by atoms with Crippen LogP contribution < -0.4 is 15.8 Å². The minimum atomic E-state index is -0.152. The zero-order chi connectivity index (χ0) is 15.2. The molecule has 0 heterocycles. The Balaban J connectivity index is 1.97. The van der Waals surface area contributed by atoms with Gasteiger partial charge in [0.1, 0.15) is 11.5 Å². The standard InChI is InChI=1S/C16H18N2O3/c1-21-15-5-3-2-4-11(15)9-16(20)18-10-12-8-13(17)6-7-14(12)19/h2-8,19H,9-10,17H2,1H3,(H,18,20). The van der Waals surface area contributed by atoms with E-state index in [9.17, 15) is 9.90 Å². The Morgan fingerprint density at radius 1 is 1.24 bits per heavy atom. The monoisotopic (exact) mass is 286 g/mol. The average Bonchev–Trinajstić information content (AvgIpc) is 2.49. The van der Waals surface area contributed by atoms with E-state index in [4.69, 9.17) is 10.5 Å². The third kappa shape index (κ3) is 3.89. The highest BCUT2D eigenvalue weighted by Crippen LogP contribution is 2.20. The Bertz CT molecular complexity index is 641. The molecular formula is C16H18N2O3. The van der Waals surface area contributed by atoms with Gasteiger partial charge in [0.05, 0.1) is 13.5 Å². The molecule has 110 valence electrons. The second-order valence-electron chi connectivity index (χ2n) is 4.65. The van der Waals surface area contributed by atoms with Gasteiger partial charge >= 0.3 is 0 Å². The van der Waals surface area contributed by atoms with Crippen LogP contribution in [-0.4, -0.2) is 18.1 Å². The molecule has 5 nitrogen and oxygen atoms in total. The van der Waals surface area contributed by atoms with Crippen molar-refractivity contribution in [1.29, 1.82) is 0 Å². The van der Waals surface area contributed by atoms with Gasteiger partial charge in [0.25, 0.3) is 0 Å². The molecule has 5 heteroatoms. The number of amides is 1. The van der Waals surface area contributed by atoms with Crippen molar-refractivity contribution in [2.75, 3.05) is 12.8 Å². The number of para-hydroxylation sites is 1. The molecule has 21 heavy (non-hydrogen) atoms. The first kappa shape index (κ1) is 14.7. The maximum atomic E-state index is 12.0. The predicted molar refractivity (Wildman–Crippen MR) is 81.1 cm³/mol. The third-order valence-corrected chi connectivity index (χ3v) is 3.12. The van der Waals surface area contributed by atoms with E-state index in [-0.39, 0.29) is 24.6 Å². The zero-order valence-electron chi connectivity index (χ0n) is 11.8. The lowest BCUT2D eigenvalue weighted by molar-refractivity contribution is -0.120. The van der Waals surface area contributed by atoms with Gasteiger partial charge in [0, 0.05) is 23.4 Å². The SMILES string of the molecule is COc1ccccc1CC(=O)NCc1cc(N)ccc1O. The summed E-state index contributed by atoms with van der Waals surface area (Å²) in [5, 5.41) is 12.4. The number of rotatable bonds is 5. The summed E-state index contributed by atoms with van der Waals surface area (Å²) in [6.45, 7) is 0.227. The van der Waals surface area contributed by atoms with Crippen molar-refractivity contribution in [3.8, 4) is 11.5 Å². The smallest absolute Gasteiger partial charge is 0.224 e. The van der Waals surface area contributed by atoms with Crippen molar-refractivity contribution >= 4 is 11.6 Å². The van der Waals surface area contributed by atoms with Crippen molar-refractivity contribution in [2.24, 2.45) is 0 Å².